The van der Waals surface area contributed by atoms with E-state index in [-0.39, 0.29) is 5.91 Å². The molecular weight excluding hydrogens is 316 g/mol. The van der Waals surface area contributed by atoms with Crippen LogP contribution in [0.25, 0.3) is 0 Å². The van der Waals surface area contributed by atoms with Crippen LogP contribution in [0.1, 0.15) is 21.7 Å². The number of carbonyl (C=O) groups is 1. The first-order chi connectivity index (χ1) is 10.8. The number of carbonyl (C=O) groups excluding carboxylic acids is 1. The van der Waals surface area contributed by atoms with Crippen molar-refractivity contribution < 1.29 is 17.6 Å². The maximum absolute atomic E-state index is 12.3. The number of rotatable bonds is 7. The van der Waals surface area contributed by atoms with Crippen molar-refractivity contribution in [3.63, 3.8) is 0 Å². The van der Waals surface area contributed by atoms with Crippen LogP contribution in [0, 0.1) is 0 Å². The van der Waals surface area contributed by atoms with Crippen molar-refractivity contribution in [3.8, 4) is 0 Å². The molecule has 2 aromatic rings. The molecule has 1 N–H and O–H groups in total. The summed E-state index contributed by atoms with van der Waals surface area (Å²) in [4.78, 5) is 13.9. The first-order valence-corrected chi connectivity index (χ1v) is 9.06. The molecule has 0 bridgehead atoms. The van der Waals surface area contributed by atoms with E-state index in [2.05, 4.69) is 4.72 Å². The van der Waals surface area contributed by atoms with Crippen molar-refractivity contribution in [3.05, 3.63) is 59.5 Å². The molecule has 1 aromatic carbocycles. The van der Waals surface area contributed by atoms with Crippen LogP contribution in [-0.4, -0.2) is 39.1 Å². The van der Waals surface area contributed by atoms with Crippen LogP contribution in [0.15, 0.2) is 47.1 Å². The number of nitrogens with one attached hydrogen (secondary N) is 1. The van der Waals surface area contributed by atoms with Crippen molar-refractivity contribution >= 4 is 15.9 Å². The lowest BCUT2D eigenvalue weighted by molar-refractivity contribution is 0.0775. The number of hydrogen-bond acceptors (Lipinski definition) is 4. The minimum atomic E-state index is -3.17. The summed E-state index contributed by atoms with van der Waals surface area (Å²) < 4.78 is 29.7. The predicted octanol–water partition coefficient (Wildman–Crippen LogP) is 1.64. The topological polar surface area (TPSA) is 79.6 Å². The zero-order valence-electron chi connectivity index (χ0n) is 13.2. The fourth-order valence-electron chi connectivity index (χ4n) is 2.12. The molecule has 0 unspecified atom stereocenters. The molecule has 7 heteroatoms. The van der Waals surface area contributed by atoms with Gasteiger partial charge in [-0.2, -0.15) is 0 Å². The summed E-state index contributed by atoms with van der Waals surface area (Å²) in [7, 11) is -1.45. The molecular formula is C16H20N2O4S. The summed E-state index contributed by atoms with van der Waals surface area (Å²) in [6.07, 6.45) is 3.28. The Morgan fingerprint density at radius 3 is 2.48 bits per heavy atom. The highest BCUT2D eigenvalue weighted by atomic mass is 32.2. The zero-order valence-corrected chi connectivity index (χ0v) is 14.0. The number of amides is 1. The highest BCUT2D eigenvalue weighted by Gasteiger charge is 2.13. The monoisotopic (exact) mass is 336 g/mol. The normalized spacial score (nSPS) is 11.4. The minimum Gasteiger partial charge on any atom is -0.467 e. The standard InChI is InChI=1S/C16H20N2O4S/c1-18(12-15-4-3-11-22-15)16(19)14-7-5-13(6-8-14)9-10-17-23(2,20)21/h3-8,11,17H,9-10,12H2,1-2H3. The van der Waals surface area contributed by atoms with Crippen LogP contribution in [0.5, 0.6) is 0 Å². The Hall–Kier alpha value is -2.12. The fourth-order valence-corrected chi connectivity index (χ4v) is 2.60. The molecule has 0 aliphatic heterocycles. The van der Waals surface area contributed by atoms with E-state index in [1.165, 1.54) is 0 Å². The van der Waals surface area contributed by atoms with Crippen LogP contribution < -0.4 is 4.72 Å². The summed E-state index contributed by atoms with van der Waals surface area (Å²) in [5.41, 5.74) is 1.55. The van der Waals surface area contributed by atoms with E-state index < -0.39 is 10.0 Å². The summed E-state index contributed by atoms with van der Waals surface area (Å²) in [6.45, 7) is 0.746. The van der Waals surface area contributed by atoms with Crippen LogP contribution in [0.2, 0.25) is 0 Å². The van der Waals surface area contributed by atoms with Crippen molar-refractivity contribution in [1.82, 2.24) is 9.62 Å². The average molecular weight is 336 g/mol. The van der Waals surface area contributed by atoms with Crippen LogP contribution in [-0.2, 0) is 23.0 Å². The molecule has 0 radical (unpaired) electrons. The number of nitrogens with zero attached hydrogens (tertiary/aromatic N) is 1. The van der Waals surface area contributed by atoms with Gasteiger partial charge in [0.15, 0.2) is 0 Å². The molecule has 0 atom stereocenters. The lowest BCUT2D eigenvalue weighted by Crippen LogP contribution is -2.26. The van der Waals surface area contributed by atoms with Crippen LogP contribution >= 0.6 is 0 Å². The smallest absolute Gasteiger partial charge is 0.254 e. The van der Waals surface area contributed by atoms with E-state index in [4.69, 9.17) is 4.42 Å². The largest absolute Gasteiger partial charge is 0.467 e. The Morgan fingerprint density at radius 2 is 1.91 bits per heavy atom. The van der Waals surface area contributed by atoms with Crippen molar-refractivity contribution in [1.29, 1.82) is 0 Å². The van der Waals surface area contributed by atoms with Crippen LogP contribution in [0.3, 0.4) is 0 Å². The van der Waals surface area contributed by atoms with Gasteiger partial charge in [-0.3, -0.25) is 4.79 Å². The Morgan fingerprint density at radius 1 is 1.22 bits per heavy atom. The van der Waals surface area contributed by atoms with Gasteiger partial charge in [0, 0.05) is 19.2 Å². The third kappa shape index (κ3) is 5.54. The van der Waals surface area contributed by atoms with Gasteiger partial charge in [-0.15, -0.1) is 0 Å². The number of benzene rings is 1. The fraction of sp³-hybridized carbons (Fsp3) is 0.312. The van der Waals surface area contributed by atoms with E-state index in [0.29, 0.717) is 25.1 Å². The quantitative estimate of drug-likeness (QED) is 0.834. The van der Waals surface area contributed by atoms with Gasteiger partial charge in [-0.1, -0.05) is 12.1 Å². The Kier molecular flexibility index (Phi) is 5.57. The molecule has 0 fully saturated rings. The van der Waals surface area contributed by atoms with Gasteiger partial charge in [-0.25, -0.2) is 13.1 Å². The summed E-state index contributed by atoms with van der Waals surface area (Å²) in [6, 6.07) is 10.8. The first-order valence-electron chi connectivity index (χ1n) is 7.16. The van der Waals surface area contributed by atoms with Crippen molar-refractivity contribution in [2.24, 2.45) is 0 Å². The maximum Gasteiger partial charge on any atom is 0.254 e. The first kappa shape index (κ1) is 17.2. The number of hydrogen-bond donors (Lipinski definition) is 1. The Bertz CT molecular complexity index is 737. The summed E-state index contributed by atoms with van der Waals surface area (Å²) >= 11 is 0. The molecule has 23 heavy (non-hydrogen) atoms. The molecule has 2 rings (SSSR count). The van der Waals surface area contributed by atoms with Crippen LogP contribution in [0.4, 0.5) is 0 Å². The summed E-state index contributed by atoms with van der Waals surface area (Å²) in [5, 5.41) is 0. The van der Waals surface area contributed by atoms with E-state index in [9.17, 15) is 13.2 Å². The molecule has 0 saturated heterocycles. The lowest BCUT2D eigenvalue weighted by atomic mass is 10.1. The van der Waals surface area contributed by atoms with Gasteiger partial charge in [0.1, 0.15) is 5.76 Å². The Labute approximate surface area is 136 Å². The molecule has 1 aromatic heterocycles. The van der Waals surface area contributed by atoms with E-state index in [1.807, 2.05) is 18.2 Å². The van der Waals surface area contributed by atoms with Crippen molar-refractivity contribution in [2.75, 3.05) is 19.8 Å². The second-order valence-electron chi connectivity index (χ2n) is 5.35. The Balaban J connectivity index is 1.91. The third-order valence-corrected chi connectivity index (χ3v) is 4.03. The minimum absolute atomic E-state index is 0.0952. The second kappa shape index (κ2) is 7.43. The predicted molar refractivity (Wildman–Crippen MR) is 87.5 cm³/mol. The van der Waals surface area contributed by atoms with Gasteiger partial charge in [-0.05, 0) is 36.2 Å². The third-order valence-electron chi connectivity index (χ3n) is 3.30. The molecule has 0 saturated carbocycles. The van der Waals surface area contributed by atoms with Gasteiger partial charge in [0.05, 0.1) is 19.1 Å². The molecule has 1 heterocycles. The van der Waals surface area contributed by atoms with E-state index >= 15 is 0 Å². The highest BCUT2D eigenvalue weighted by molar-refractivity contribution is 7.88. The summed E-state index contributed by atoms with van der Waals surface area (Å²) in [5.74, 6) is 0.631. The molecule has 0 aliphatic rings. The van der Waals surface area contributed by atoms with E-state index in [1.54, 1.807) is 36.4 Å². The molecule has 1 amide bonds. The SMILES string of the molecule is CN(Cc1ccco1)C(=O)c1ccc(CCNS(C)(=O)=O)cc1. The maximum atomic E-state index is 12.3. The van der Waals surface area contributed by atoms with Gasteiger partial charge < -0.3 is 9.32 Å². The molecule has 0 spiro atoms. The zero-order chi connectivity index (χ0) is 16.9. The second-order valence-corrected chi connectivity index (χ2v) is 7.19. The van der Waals surface area contributed by atoms with Crippen molar-refractivity contribution in [2.45, 2.75) is 13.0 Å². The van der Waals surface area contributed by atoms with Gasteiger partial charge in [0.2, 0.25) is 10.0 Å². The molecule has 6 nitrogen and oxygen atoms in total. The molecule has 0 aliphatic carbocycles. The number of furan rings is 1. The molecule has 124 valence electrons. The van der Waals surface area contributed by atoms with Gasteiger partial charge in [0.25, 0.3) is 5.91 Å². The van der Waals surface area contributed by atoms with Gasteiger partial charge >= 0.3 is 0 Å². The van der Waals surface area contributed by atoms with E-state index in [0.717, 1.165) is 17.6 Å². The lowest BCUT2D eigenvalue weighted by Gasteiger charge is -2.16. The highest BCUT2D eigenvalue weighted by Crippen LogP contribution is 2.10. The average Bonchev–Trinajstić information content (AvgIpc) is 2.99. The number of sulfonamides is 1.